The molecule has 32 heavy (non-hydrogen) atoms. The number of piperazine rings is 1. The normalized spacial score (nSPS) is 13.5. The van der Waals surface area contributed by atoms with Gasteiger partial charge in [0.15, 0.2) is 11.7 Å². The maximum atomic E-state index is 12.3. The van der Waals surface area contributed by atoms with Gasteiger partial charge < -0.3 is 19.9 Å². The van der Waals surface area contributed by atoms with E-state index in [1.165, 1.54) is 0 Å². The molecule has 2 N–H and O–H groups in total. The van der Waals surface area contributed by atoms with Crippen LogP contribution in [0, 0.1) is 6.92 Å². The van der Waals surface area contributed by atoms with Gasteiger partial charge in [0, 0.05) is 32.6 Å². The average molecular weight is 475 g/mol. The standard InChI is InChI=1S/C23H27ClN4O3S/c1-3-21(30)27-11-13-28(14-12-27)22-17(24)8-6-9-18(22)25-23(32)26-20(29)15-31-19-10-5-4-7-16(19)2/h4-10H,3,11-15H2,1-2H3,(H2,25,26,29,32). The molecule has 0 unspecified atom stereocenters. The molecule has 2 aromatic rings. The summed E-state index contributed by atoms with van der Waals surface area (Å²) in [6.07, 6.45) is 0.500. The lowest BCUT2D eigenvalue weighted by Gasteiger charge is -2.37. The molecule has 3 rings (SSSR count). The predicted molar refractivity (Wildman–Crippen MR) is 132 cm³/mol. The van der Waals surface area contributed by atoms with Crippen LogP contribution in [0.1, 0.15) is 18.9 Å². The van der Waals surface area contributed by atoms with Crippen LogP contribution in [0.2, 0.25) is 5.02 Å². The first kappa shape index (κ1) is 23.8. The first-order valence-corrected chi connectivity index (χ1v) is 11.3. The van der Waals surface area contributed by atoms with Crippen LogP contribution in [0.3, 0.4) is 0 Å². The van der Waals surface area contributed by atoms with Crippen molar-refractivity contribution in [1.29, 1.82) is 0 Å². The second kappa shape index (κ2) is 11.2. The summed E-state index contributed by atoms with van der Waals surface area (Å²) in [6, 6.07) is 13.0. The zero-order valence-electron chi connectivity index (χ0n) is 18.2. The van der Waals surface area contributed by atoms with Crippen LogP contribution < -0.4 is 20.3 Å². The molecule has 0 radical (unpaired) electrons. The van der Waals surface area contributed by atoms with Crippen molar-refractivity contribution in [3.63, 3.8) is 0 Å². The van der Waals surface area contributed by atoms with E-state index in [-0.39, 0.29) is 23.5 Å². The monoisotopic (exact) mass is 474 g/mol. The number of aryl methyl sites for hydroxylation is 1. The highest BCUT2D eigenvalue weighted by Crippen LogP contribution is 2.34. The number of nitrogens with zero attached hydrogens (tertiary/aromatic N) is 2. The van der Waals surface area contributed by atoms with Gasteiger partial charge in [-0.2, -0.15) is 0 Å². The third-order valence-corrected chi connectivity index (χ3v) is 5.70. The Balaban J connectivity index is 1.59. The molecule has 0 bridgehead atoms. The fourth-order valence-electron chi connectivity index (χ4n) is 3.52. The molecular formula is C23H27ClN4O3S. The smallest absolute Gasteiger partial charge is 0.264 e. The Bertz CT molecular complexity index is 993. The summed E-state index contributed by atoms with van der Waals surface area (Å²) in [5.74, 6) is 0.444. The van der Waals surface area contributed by atoms with Crippen LogP contribution in [0.15, 0.2) is 42.5 Å². The van der Waals surface area contributed by atoms with Crippen LogP contribution in [0.4, 0.5) is 11.4 Å². The molecule has 0 spiro atoms. The van der Waals surface area contributed by atoms with Crippen molar-refractivity contribution < 1.29 is 14.3 Å². The van der Waals surface area contributed by atoms with Crippen LogP contribution in [-0.4, -0.2) is 54.6 Å². The second-order valence-corrected chi connectivity index (χ2v) is 8.23. The second-order valence-electron chi connectivity index (χ2n) is 7.41. The quantitative estimate of drug-likeness (QED) is 0.623. The average Bonchev–Trinajstić information content (AvgIpc) is 2.78. The topological polar surface area (TPSA) is 73.9 Å². The number of benzene rings is 2. The Morgan fingerprint density at radius 3 is 2.50 bits per heavy atom. The lowest BCUT2D eigenvalue weighted by molar-refractivity contribution is -0.131. The molecule has 0 atom stereocenters. The van der Waals surface area contributed by atoms with Crippen LogP contribution in [0.5, 0.6) is 5.75 Å². The van der Waals surface area contributed by atoms with E-state index in [9.17, 15) is 9.59 Å². The van der Waals surface area contributed by atoms with E-state index in [1.807, 2.05) is 61.2 Å². The minimum Gasteiger partial charge on any atom is -0.483 e. The molecule has 1 aliphatic heterocycles. The van der Waals surface area contributed by atoms with Gasteiger partial charge in [-0.1, -0.05) is 42.8 Å². The summed E-state index contributed by atoms with van der Waals surface area (Å²) < 4.78 is 5.57. The molecule has 0 aliphatic carbocycles. The zero-order chi connectivity index (χ0) is 23.1. The minimum absolute atomic E-state index is 0.150. The van der Waals surface area contributed by atoms with E-state index in [0.717, 1.165) is 11.3 Å². The summed E-state index contributed by atoms with van der Waals surface area (Å²) >= 11 is 11.8. The van der Waals surface area contributed by atoms with Crippen LogP contribution in [-0.2, 0) is 9.59 Å². The van der Waals surface area contributed by atoms with Crippen molar-refractivity contribution >= 4 is 52.1 Å². The number of amides is 2. The molecule has 2 amide bonds. The molecule has 9 heteroatoms. The summed E-state index contributed by atoms with van der Waals surface area (Å²) in [4.78, 5) is 28.2. The Morgan fingerprint density at radius 1 is 1.09 bits per heavy atom. The first-order chi connectivity index (χ1) is 15.4. The molecule has 1 heterocycles. The lowest BCUT2D eigenvalue weighted by Crippen LogP contribution is -2.49. The molecule has 0 saturated carbocycles. The van der Waals surface area contributed by atoms with Gasteiger partial charge in [-0.05, 0) is 42.9 Å². The van der Waals surface area contributed by atoms with Gasteiger partial charge in [0.2, 0.25) is 5.91 Å². The number of nitrogens with one attached hydrogen (secondary N) is 2. The van der Waals surface area contributed by atoms with Crippen molar-refractivity contribution in [2.45, 2.75) is 20.3 Å². The molecule has 0 aromatic heterocycles. The highest BCUT2D eigenvalue weighted by molar-refractivity contribution is 7.80. The van der Waals surface area contributed by atoms with Gasteiger partial charge in [-0.15, -0.1) is 0 Å². The van der Waals surface area contributed by atoms with Crippen molar-refractivity contribution in [1.82, 2.24) is 10.2 Å². The Kier molecular flexibility index (Phi) is 8.30. The molecule has 2 aromatic carbocycles. The Labute approximate surface area is 198 Å². The number of para-hydroxylation sites is 2. The highest BCUT2D eigenvalue weighted by Gasteiger charge is 2.23. The number of hydrogen-bond donors (Lipinski definition) is 2. The number of hydrogen-bond acceptors (Lipinski definition) is 5. The maximum Gasteiger partial charge on any atom is 0.264 e. The van der Waals surface area contributed by atoms with E-state index in [0.29, 0.717) is 49.1 Å². The van der Waals surface area contributed by atoms with Crippen molar-refractivity contribution in [2.75, 3.05) is 43.0 Å². The largest absolute Gasteiger partial charge is 0.483 e. The van der Waals surface area contributed by atoms with E-state index in [4.69, 9.17) is 28.6 Å². The van der Waals surface area contributed by atoms with Crippen molar-refractivity contribution in [3.05, 3.63) is 53.1 Å². The molecule has 1 aliphatic rings. The Morgan fingerprint density at radius 2 is 1.81 bits per heavy atom. The van der Waals surface area contributed by atoms with Gasteiger partial charge >= 0.3 is 0 Å². The van der Waals surface area contributed by atoms with Crippen molar-refractivity contribution in [3.8, 4) is 5.75 Å². The number of anilines is 2. The van der Waals surface area contributed by atoms with Gasteiger partial charge in [0.05, 0.1) is 16.4 Å². The fourth-order valence-corrected chi connectivity index (χ4v) is 4.04. The van der Waals surface area contributed by atoms with Gasteiger partial charge in [0.25, 0.3) is 5.91 Å². The minimum atomic E-state index is -0.360. The summed E-state index contributed by atoms with van der Waals surface area (Å²) in [5, 5.41) is 6.44. The summed E-state index contributed by atoms with van der Waals surface area (Å²) in [5.41, 5.74) is 2.44. The Hall–Kier alpha value is -2.84. The van der Waals surface area contributed by atoms with Gasteiger partial charge in [-0.25, -0.2) is 0 Å². The molecule has 7 nitrogen and oxygen atoms in total. The molecular weight excluding hydrogens is 448 g/mol. The number of carbonyl (C=O) groups excluding carboxylic acids is 2. The van der Waals surface area contributed by atoms with E-state index in [2.05, 4.69) is 15.5 Å². The molecule has 1 saturated heterocycles. The number of thiocarbonyl (C=S) groups is 1. The third kappa shape index (κ3) is 6.11. The number of rotatable bonds is 6. The third-order valence-electron chi connectivity index (χ3n) is 5.19. The maximum absolute atomic E-state index is 12.3. The van der Waals surface area contributed by atoms with E-state index >= 15 is 0 Å². The van der Waals surface area contributed by atoms with E-state index in [1.54, 1.807) is 0 Å². The number of carbonyl (C=O) groups is 2. The predicted octanol–water partition coefficient (Wildman–Crippen LogP) is 3.60. The molecule has 1 fully saturated rings. The summed E-state index contributed by atoms with van der Waals surface area (Å²) in [7, 11) is 0. The zero-order valence-corrected chi connectivity index (χ0v) is 19.8. The number of halogens is 1. The van der Waals surface area contributed by atoms with Gasteiger partial charge in [-0.3, -0.25) is 14.9 Å². The SMILES string of the molecule is CCC(=O)N1CCN(c2c(Cl)cccc2NC(=S)NC(=O)COc2ccccc2C)CC1. The summed E-state index contributed by atoms with van der Waals surface area (Å²) in [6.45, 7) is 6.22. The van der Waals surface area contributed by atoms with Crippen molar-refractivity contribution in [2.24, 2.45) is 0 Å². The number of ether oxygens (including phenoxy) is 1. The lowest BCUT2D eigenvalue weighted by atomic mass is 10.2. The fraction of sp³-hybridized carbons (Fsp3) is 0.348. The van der Waals surface area contributed by atoms with Crippen LogP contribution in [0.25, 0.3) is 0 Å². The van der Waals surface area contributed by atoms with E-state index < -0.39 is 0 Å². The van der Waals surface area contributed by atoms with Gasteiger partial charge in [0.1, 0.15) is 5.75 Å². The molecule has 170 valence electrons. The van der Waals surface area contributed by atoms with Crippen LogP contribution >= 0.6 is 23.8 Å². The highest BCUT2D eigenvalue weighted by atomic mass is 35.5. The first-order valence-electron chi connectivity index (χ1n) is 10.5.